The maximum absolute atomic E-state index is 12.5. The highest BCUT2D eigenvalue weighted by molar-refractivity contribution is 14.1. The molecule has 0 fully saturated rings. The molecule has 0 aromatic heterocycles. The first-order valence-electron chi connectivity index (χ1n) is 9.30. The number of carbonyl (C=O) groups excluding carboxylic acids is 1. The van der Waals surface area contributed by atoms with E-state index in [-0.39, 0.29) is 23.7 Å². The third-order valence-corrected chi connectivity index (χ3v) is 7.03. The van der Waals surface area contributed by atoms with Crippen molar-refractivity contribution in [1.29, 1.82) is 0 Å². The van der Waals surface area contributed by atoms with E-state index < -0.39 is 22.4 Å². The third-order valence-electron chi connectivity index (χ3n) is 4.19. The molecular formula is C21H16I3NO8S. The van der Waals surface area contributed by atoms with Crippen LogP contribution in [0.4, 0.5) is 0 Å². The molecule has 0 saturated heterocycles. The average molecular weight is 823 g/mol. The molecular weight excluding hydrogens is 807 g/mol. The lowest BCUT2D eigenvalue weighted by molar-refractivity contribution is -0.135. The highest BCUT2D eigenvalue weighted by Crippen LogP contribution is 2.34. The first kappa shape index (κ1) is 27.2. The number of hydrogen-bond donors (Lipinski definition) is 3. The van der Waals surface area contributed by atoms with Crippen molar-refractivity contribution in [3.05, 3.63) is 70.9 Å². The summed E-state index contributed by atoms with van der Waals surface area (Å²) in [6, 6.07) is 13.1. The number of phenols is 1. The molecule has 0 bridgehead atoms. The van der Waals surface area contributed by atoms with Crippen LogP contribution in [0.5, 0.6) is 28.7 Å². The number of nitrogens with two attached hydrogens (primary N) is 1. The van der Waals surface area contributed by atoms with E-state index in [1.807, 2.05) is 12.1 Å². The van der Waals surface area contributed by atoms with E-state index in [1.54, 1.807) is 34.7 Å². The van der Waals surface area contributed by atoms with Gasteiger partial charge in [-0.15, -0.1) is 0 Å². The maximum Gasteiger partial charge on any atom is 0.446 e. The third kappa shape index (κ3) is 7.80. The SMILES string of the molecule is N[C@@H](Cc1cc(I)c(Oc2ccc(O)cc2)c(I)c1)C(=O)Oc1ccc(OS(=O)(=O)O)c(I)c1. The van der Waals surface area contributed by atoms with Gasteiger partial charge in [-0.25, -0.2) is 4.79 Å². The summed E-state index contributed by atoms with van der Waals surface area (Å²) < 4.78 is 48.1. The second-order valence-electron chi connectivity index (χ2n) is 6.82. The minimum atomic E-state index is -4.67. The van der Waals surface area contributed by atoms with E-state index in [0.29, 0.717) is 15.1 Å². The van der Waals surface area contributed by atoms with Gasteiger partial charge in [-0.1, -0.05) is 0 Å². The molecule has 0 radical (unpaired) electrons. The Morgan fingerprint density at radius 3 is 2.09 bits per heavy atom. The van der Waals surface area contributed by atoms with Crippen LogP contribution in [-0.4, -0.2) is 30.1 Å². The molecule has 3 aromatic carbocycles. The molecule has 180 valence electrons. The second kappa shape index (κ2) is 11.5. The van der Waals surface area contributed by atoms with E-state index in [1.165, 1.54) is 30.3 Å². The fourth-order valence-corrected chi connectivity index (χ4v) is 5.95. The molecule has 3 rings (SSSR count). The van der Waals surface area contributed by atoms with Crippen LogP contribution >= 0.6 is 67.8 Å². The van der Waals surface area contributed by atoms with Gasteiger partial charge in [-0.05, 0) is 134 Å². The van der Waals surface area contributed by atoms with E-state index in [2.05, 4.69) is 49.4 Å². The molecule has 13 heteroatoms. The van der Waals surface area contributed by atoms with Gasteiger partial charge < -0.3 is 24.5 Å². The van der Waals surface area contributed by atoms with Crippen LogP contribution in [0.2, 0.25) is 0 Å². The standard InChI is InChI=1S/C21H16I3NO8S/c22-15-10-14(5-6-19(15)33-34(28,29)30)32-21(27)18(25)9-11-7-16(23)20(17(24)8-11)31-13-3-1-12(26)2-4-13/h1-8,10,18,26H,9,25H2,(H,28,29,30)/t18-/m0/s1. The van der Waals surface area contributed by atoms with Crippen LogP contribution < -0.4 is 19.4 Å². The molecule has 0 spiro atoms. The van der Waals surface area contributed by atoms with Gasteiger partial charge in [0.15, 0.2) is 11.5 Å². The predicted octanol–water partition coefficient (Wildman–Crippen LogP) is 4.66. The van der Waals surface area contributed by atoms with Crippen LogP contribution in [0.25, 0.3) is 0 Å². The van der Waals surface area contributed by atoms with Crippen molar-refractivity contribution in [3.63, 3.8) is 0 Å². The molecule has 0 aliphatic carbocycles. The Balaban J connectivity index is 1.66. The van der Waals surface area contributed by atoms with Crippen molar-refractivity contribution < 1.29 is 36.5 Å². The van der Waals surface area contributed by atoms with E-state index >= 15 is 0 Å². The second-order valence-corrected chi connectivity index (χ2v) is 11.3. The summed E-state index contributed by atoms with van der Waals surface area (Å²) in [5.41, 5.74) is 6.86. The quantitative estimate of drug-likeness (QED) is 0.128. The van der Waals surface area contributed by atoms with Gasteiger partial charge in [0.1, 0.15) is 23.3 Å². The topological polar surface area (TPSA) is 145 Å². The molecule has 9 nitrogen and oxygen atoms in total. The zero-order chi connectivity index (χ0) is 25.0. The number of carbonyl (C=O) groups is 1. The minimum Gasteiger partial charge on any atom is -0.508 e. The van der Waals surface area contributed by atoms with Crippen LogP contribution in [0.15, 0.2) is 54.6 Å². The maximum atomic E-state index is 12.5. The zero-order valence-corrected chi connectivity index (χ0v) is 24.2. The van der Waals surface area contributed by atoms with Crippen LogP contribution in [0.3, 0.4) is 0 Å². The molecule has 0 amide bonds. The lowest BCUT2D eigenvalue weighted by atomic mass is 10.1. The molecule has 0 aliphatic heterocycles. The highest BCUT2D eigenvalue weighted by Gasteiger charge is 2.20. The first-order chi connectivity index (χ1) is 15.9. The van der Waals surface area contributed by atoms with Gasteiger partial charge in [0.25, 0.3) is 0 Å². The highest BCUT2D eigenvalue weighted by atomic mass is 127. The van der Waals surface area contributed by atoms with Crippen molar-refractivity contribution in [2.45, 2.75) is 12.5 Å². The van der Waals surface area contributed by atoms with E-state index in [0.717, 1.165) is 12.7 Å². The van der Waals surface area contributed by atoms with Crippen molar-refractivity contribution in [2.24, 2.45) is 5.73 Å². The lowest BCUT2D eigenvalue weighted by Gasteiger charge is -2.15. The molecule has 34 heavy (non-hydrogen) atoms. The Morgan fingerprint density at radius 1 is 0.941 bits per heavy atom. The van der Waals surface area contributed by atoms with Crippen molar-refractivity contribution in [1.82, 2.24) is 0 Å². The summed E-state index contributed by atoms with van der Waals surface area (Å²) in [7, 11) is -4.67. The smallest absolute Gasteiger partial charge is 0.446 e. The van der Waals surface area contributed by atoms with Gasteiger partial charge in [-0.3, -0.25) is 4.55 Å². The molecule has 0 saturated carbocycles. The van der Waals surface area contributed by atoms with Gasteiger partial charge in [0.2, 0.25) is 0 Å². The van der Waals surface area contributed by atoms with Gasteiger partial charge in [-0.2, -0.15) is 8.42 Å². The molecule has 0 aliphatic rings. The summed E-state index contributed by atoms with van der Waals surface area (Å²) in [4.78, 5) is 12.5. The summed E-state index contributed by atoms with van der Waals surface area (Å²) in [6.45, 7) is 0. The van der Waals surface area contributed by atoms with Crippen molar-refractivity contribution >= 4 is 84.1 Å². The van der Waals surface area contributed by atoms with Gasteiger partial charge in [0, 0.05) is 0 Å². The largest absolute Gasteiger partial charge is 0.508 e. The number of aromatic hydroxyl groups is 1. The van der Waals surface area contributed by atoms with E-state index in [9.17, 15) is 18.3 Å². The number of rotatable bonds is 8. The normalized spacial score (nSPS) is 12.1. The van der Waals surface area contributed by atoms with Gasteiger partial charge >= 0.3 is 16.4 Å². The fourth-order valence-electron chi connectivity index (χ4n) is 2.71. The minimum absolute atomic E-state index is 0.106. The number of esters is 1. The molecule has 0 heterocycles. The monoisotopic (exact) mass is 823 g/mol. The van der Waals surface area contributed by atoms with Gasteiger partial charge in [0.05, 0.1) is 10.7 Å². The van der Waals surface area contributed by atoms with Crippen molar-refractivity contribution in [2.75, 3.05) is 0 Å². The number of hydrogen-bond acceptors (Lipinski definition) is 8. The van der Waals surface area contributed by atoms with Crippen molar-refractivity contribution in [3.8, 4) is 28.7 Å². The number of phenolic OH excluding ortho intramolecular Hbond substituents is 1. The zero-order valence-electron chi connectivity index (χ0n) is 16.9. The summed E-state index contributed by atoms with van der Waals surface area (Å²) in [6.07, 6.45) is 0.214. The predicted molar refractivity (Wildman–Crippen MR) is 149 cm³/mol. The summed E-state index contributed by atoms with van der Waals surface area (Å²) in [5.74, 6) is 0.733. The van der Waals surface area contributed by atoms with E-state index in [4.69, 9.17) is 19.8 Å². The Hall–Kier alpha value is -1.41. The Labute approximate surface area is 236 Å². The molecule has 0 unspecified atom stereocenters. The fraction of sp³-hybridized carbons (Fsp3) is 0.0952. The molecule has 4 N–H and O–H groups in total. The summed E-state index contributed by atoms with van der Waals surface area (Å²) >= 11 is 6.05. The molecule has 3 aromatic rings. The Bertz CT molecular complexity index is 1290. The van der Waals surface area contributed by atoms with Crippen LogP contribution in [0.1, 0.15) is 5.56 Å². The Morgan fingerprint density at radius 2 is 1.53 bits per heavy atom. The number of benzene rings is 3. The number of halogens is 3. The van der Waals surface area contributed by atoms with Crippen LogP contribution in [-0.2, 0) is 21.6 Å². The lowest BCUT2D eigenvalue weighted by Crippen LogP contribution is -2.36. The van der Waals surface area contributed by atoms with Crippen LogP contribution in [0, 0.1) is 10.7 Å². The average Bonchev–Trinajstić information content (AvgIpc) is 2.73. The first-order valence-corrected chi connectivity index (χ1v) is 13.9. The molecule has 1 atom stereocenters. The number of ether oxygens (including phenoxy) is 2. The Kier molecular flexibility index (Phi) is 9.23. The summed E-state index contributed by atoms with van der Waals surface area (Å²) in [5, 5.41) is 9.41.